The summed E-state index contributed by atoms with van der Waals surface area (Å²) < 4.78 is 0. The van der Waals surface area contributed by atoms with Gasteiger partial charge in [0.05, 0.1) is 0 Å². The van der Waals surface area contributed by atoms with Crippen molar-refractivity contribution in [1.82, 2.24) is 4.90 Å². The van der Waals surface area contributed by atoms with Gasteiger partial charge in [0.1, 0.15) is 0 Å². The summed E-state index contributed by atoms with van der Waals surface area (Å²) in [6.07, 6.45) is 6.76. The summed E-state index contributed by atoms with van der Waals surface area (Å²) in [5.74, 6) is 0.818. The standard InChI is InChI=1S/C17H25N.ClH/c1-3-18(4-2)16-12-11-14-8-5-7-13-9-6-10-15(16)17(13)14;/h5,7-8,15-16H,3-4,6,9-12H2,1-2H3;1H. The molecule has 0 saturated carbocycles. The molecule has 0 saturated heterocycles. The number of benzene rings is 1. The molecule has 0 spiro atoms. The zero-order chi connectivity index (χ0) is 12.5. The minimum atomic E-state index is 0. The van der Waals surface area contributed by atoms with E-state index in [9.17, 15) is 0 Å². The van der Waals surface area contributed by atoms with Crippen molar-refractivity contribution in [3.8, 4) is 0 Å². The van der Waals surface area contributed by atoms with Crippen LogP contribution in [0.3, 0.4) is 0 Å². The largest absolute Gasteiger partial charge is 0.300 e. The Hall–Kier alpha value is -0.530. The van der Waals surface area contributed by atoms with E-state index in [1.54, 1.807) is 16.7 Å². The van der Waals surface area contributed by atoms with Gasteiger partial charge in [0.15, 0.2) is 0 Å². The molecule has 0 amide bonds. The number of aryl methyl sites for hydroxylation is 2. The van der Waals surface area contributed by atoms with Crippen LogP contribution < -0.4 is 0 Å². The molecule has 0 radical (unpaired) electrons. The molecule has 1 aromatic rings. The van der Waals surface area contributed by atoms with Crippen LogP contribution in [0.4, 0.5) is 0 Å². The molecule has 0 fully saturated rings. The zero-order valence-electron chi connectivity index (χ0n) is 12.2. The fraction of sp³-hybridized carbons (Fsp3) is 0.647. The molecular weight excluding hydrogens is 254 g/mol. The minimum absolute atomic E-state index is 0. The molecule has 0 heterocycles. The lowest BCUT2D eigenvalue weighted by atomic mass is 9.70. The van der Waals surface area contributed by atoms with Crippen LogP contribution in [-0.4, -0.2) is 24.0 Å². The molecular formula is C17H26ClN. The third kappa shape index (κ3) is 2.55. The number of halogens is 1. The molecule has 19 heavy (non-hydrogen) atoms. The highest BCUT2D eigenvalue weighted by atomic mass is 35.5. The molecule has 0 aromatic heterocycles. The van der Waals surface area contributed by atoms with Crippen molar-refractivity contribution in [3.05, 3.63) is 34.9 Å². The maximum atomic E-state index is 2.69. The van der Waals surface area contributed by atoms with Gasteiger partial charge in [0.2, 0.25) is 0 Å². The maximum absolute atomic E-state index is 2.69. The quantitative estimate of drug-likeness (QED) is 0.802. The summed E-state index contributed by atoms with van der Waals surface area (Å²) in [6.45, 7) is 7.03. The number of likely N-dealkylation sites (N-methyl/N-ethyl adjacent to an activating group) is 1. The smallest absolute Gasteiger partial charge is 0.0167 e. The molecule has 1 aromatic carbocycles. The van der Waals surface area contributed by atoms with Gasteiger partial charge in [-0.05, 0) is 61.9 Å². The molecule has 2 unspecified atom stereocenters. The Balaban J connectivity index is 0.00000133. The summed E-state index contributed by atoms with van der Waals surface area (Å²) in [7, 11) is 0. The van der Waals surface area contributed by atoms with Gasteiger partial charge >= 0.3 is 0 Å². The van der Waals surface area contributed by atoms with Gasteiger partial charge in [-0.2, -0.15) is 0 Å². The first-order chi connectivity index (χ1) is 8.85. The van der Waals surface area contributed by atoms with Crippen molar-refractivity contribution in [2.45, 2.75) is 57.9 Å². The Morgan fingerprint density at radius 1 is 1.05 bits per heavy atom. The molecule has 0 bridgehead atoms. The van der Waals surface area contributed by atoms with E-state index >= 15 is 0 Å². The van der Waals surface area contributed by atoms with Crippen LogP contribution in [-0.2, 0) is 12.8 Å². The lowest BCUT2D eigenvalue weighted by Crippen LogP contribution is -2.43. The third-order valence-electron chi connectivity index (χ3n) is 5.07. The van der Waals surface area contributed by atoms with Gasteiger partial charge in [-0.1, -0.05) is 32.0 Å². The van der Waals surface area contributed by atoms with Crippen LogP contribution in [0.15, 0.2) is 18.2 Å². The molecule has 2 aliphatic carbocycles. The topological polar surface area (TPSA) is 3.24 Å². The van der Waals surface area contributed by atoms with Crippen LogP contribution >= 0.6 is 12.4 Å². The van der Waals surface area contributed by atoms with Crippen LogP contribution in [0.2, 0.25) is 0 Å². The highest BCUT2D eigenvalue weighted by Gasteiger charge is 2.35. The van der Waals surface area contributed by atoms with E-state index < -0.39 is 0 Å². The van der Waals surface area contributed by atoms with Gasteiger partial charge in [0, 0.05) is 12.0 Å². The van der Waals surface area contributed by atoms with Crippen LogP contribution in [0.5, 0.6) is 0 Å². The van der Waals surface area contributed by atoms with E-state index in [1.165, 1.54) is 45.2 Å². The molecule has 2 heteroatoms. The first-order valence-corrected chi connectivity index (χ1v) is 7.69. The van der Waals surface area contributed by atoms with Gasteiger partial charge in [-0.3, -0.25) is 0 Å². The molecule has 106 valence electrons. The van der Waals surface area contributed by atoms with Crippen LogP contribution in [0.1, 0.15) is 55.7 Å². The summed E-state index contributed by atoms with van der Waals surface area (Å²) in [6, 6.07) is 7.81. The van der Waals surface area contributed by atoms with Gasteiger partial charge < -0.3 is 4.90 Å². The van der Waals surface area contributed by atoms with Crippen LogP contribution in [0, 0.1) is 0 Å². The Bertz CT molecular complexity index is 411. The van der Waals surface area contributed by atoms with Crippen molar-refractivity contribution in [2.24, 2.45) is 0 Å². The van der Waals surface area contributed by atoms with Crippen molar-refractivity contribution >= 4 is 12.4 Å². The van der Waals surface area contributed by atoms with E-state index in [4.69, 9.17) is 0 Å². The lowest BCUT2D eigenvalue weighted by Gasteiger charge is -2.43. The molecule has 1 nitrogen and oxygen atoms in total. The van der Waals surface area contributed by atoms with E-state index in [0.29, 0.717) is 0 Å². The summed E-state index contributed by atoms with van der Waals surface area (Å²) in [5, 5.41) is 0. The second-order valence-corrected chi connectivity index (χ2v) is 5.82. The number of nitrogens with zero attached hydrogens (tertiary/aromatic N) is 1. The Morgan fingerprint density at radius 3 is 2.42 bits per heavy atom. The first-order valence-electron chi connectivity index (χ1n) is 7.69. The third-order valence-corrected chi connectivity index (χ3v) is 5.07. The summed E-state index contributed by atoms with van der Waals surface area (Å²) in [5.41, 5.74) is 5.05. The molecule has 0 aliphatic heterocycles. The number of hydrogen-bond donors (Lipinski definition) is 0. The van der Waals surface area contributed by atoms with E-state index in [0.717, 1.165) is 12.0 Å². The Morgan fingerprint density at radius 2 is 1.74 bits per heavy atom. The van der Waals surface area contributed by atoms with Crippen LogP contribution in [0.25, 0.3) is 0 Å². The van der Waals surface area contributed by atoms with Gasteiger partial charge in [0.25, 0.3) is 0 Å². The average Bonchev–Trinajstić information content (AvgIpc) is 2.43. The summed E-state index contributed by atoms with van der Waals surface area (Å²) >= 11 is 0. The maximum Gasteiger partial charge on any atom is 0.0167 e. The molecule has 3 rings (SSSR count). The highest BCUT2D eigenvalue weighted by molar-refractivity contribution is 5.85. The fourth-order valence-corrected chi connectivity index (χ4v) is 4.25. The molecule has 2 aliphatic rings. The fourth-order valence-electron chi connectivity index (χ4n) is 4.25. The highest BCUT2D eigenvalue weighted by Crippen LogP contribution is 2.43. The average molecular weight is 280 g/mol. The van der Waals surface area contributed by atoms with E-state index in [-0.39, 0.29) is 12.4 Å². The zero-order valence-corrected chi connectivity index (χ0v) is 13.0. The first kappa shape index (κ1) is 14.9. The number of rotatable bonds is 3. The number of hydrogen-bond acceptors (Lipinski definition) is 1. The second kappa shape index (κ2) is 6.28. The lowest BCUT2D eigenvalue weighted by molar-refractivity contribution is 0.160. The molecule has 0 N–H and O–H groups in total. The predicted octanol–water partition coefficient (Wildman–Crippen LogP) is 4.18. The van der Waals surface area contributed by atoms with Crippen molar-refractivity contribution in [3.63, 3.8) is 0 Å². The second-order valence-electron chi connectivity index (χ2n) is 5.82. The van der Waals surface area contributed by atoms with Gasteiger partial charge in [-0.15, -0.1) is 12.4 Å². The monoisotopic (exact) mass is 279 g/mol. The Labute approximate surface area is 123 Å². The summed E-state index contributed by atoms with van der Waals surface area (Å²) in [4.78, 5) is 2.69. The van der Waals surface area contributed by atoms with Crippen molar-refractivity contribution in [2.75, 3.05) is 13.1 Å². The van der Waals surface area contributed by atoms with Crippen molar-refractivity contribution in [1.29, 1.82) is 0 Å². The predicted molar refractivity (Wildman–Crippen MR) is 84.4 cm³/mol. The minimum Gasteiger partial charge on any atom is -0.300 e. The van der Waals surface area contributed by atoms with Gasteiger partial charge in [-0.25, -0.2) is 0 Å². The van der Waals surface area contributed by atoms with E-state index in [1.807, 2.05) is 0 Å². The Kier molecular flexibility index (Phi) is 4.92. The van der Waals surface area contributed by atoms with E-state index in [2.05, 4.69) is 36.9 Å². The SMILES string of the molecule is CCN(CC)C1CCc2cccc3c2C1CCC3.Cl. The normalized spacial score (nSPS) is 24.8. The molecule has 2 atom stereocenters. The van der Waals surface area contributed by atoms with Crippen molar-refractivity contribution < 1.29 is 0 Å².